The smallest absolute Gasteiger partial charge is 0.0713 e. The van der Waals surface area contributed by atoms with Gasteiger partial charge in [0.2, 0.25) is 0 Å². The van der Waals surface area contributed by atoms with E-state index < -0.39 is 0 Å². The van der Waals surface area contributed by atoms with Crippen LogP contribution in [0.2, 0.25) is 0 Å². The second kappa shape index (κ2) is 26.6. The van der Waals surface area contributed by atoms with Gasteiger partial charge in [0.15, 0.2) is 0 Å². The lowest BCUT2D eigenvalue weighted by molar-refractivity contribution is 0.768. The molecule has 0 amide bonds. The fourth-order valence-corrected chi connectivity index (χ4v) is 10.3. The summed E-state index contributed by atoms with van der Waals surface area (Å²) in [5.41, 5.74) is 17.4. The summed E-state index contributed by atoms with van der Waals surface area (Å²) in [5.74, 6) is 0. The fourth-order valence-electron chi connectivity index (χ4n) is 9.16. The molecule has 0 bridgehead atoms. The Hall–Kier alpha value is -7.06. The van der Waals surface area contributed by atoms with Gasteiger partial charge in [0.25, 0.3) is 0 Å². The number of fused-ring (bicyclic) bond motifs is 6. The van der Waals surface area contributed by atoms with E-state index in [0.717, 1.165) is 6.42 Å². The van der Waals surface area contributed by atoms with Crippen molar-refractivity contribution in [2.45, 2.75) is 87.0 Å². The molecular formula is C69H72S. The maximum absolute atomic E-state index is 2.31. The summed E-state index contributed by atoms with van der Waals surface area (Å²) < 4.78 is 2.73. The molecule has 0 N–H and O–H groups in total. The Balaban J connectivity index is 0.000000160. The summed E-state index contributed by atoms with van der Waals surface area (Å²) in [7, 11) is 0. The van der Waals surface area contributed by atoms with Crippen molar-refractivity contribution >= 4 is 37.1 Å². The molecule has 0 unspecified atom stereocenters. The second-order valence-corrected chi connectivity index (χ2v) is 18.2. The lowest BCUT2D eigenvalue weighted by Crippen LogP contribution is -2.28. The molecule has 8 aromatic carbocycles. The molecule has 1 heteroatoms. The molecule has 0 radical (unpaired) electrons. The van der Waals surface area contributed by atoms with Gasteiger partial charge in [0.05, 0.1) is 5.41 Å². The van der Waals surface area contributed by atoms with Crippen LogP contribution in [0.4, 0.5) is 0 Å². The molecule has 9 aromatic rings. The van der Waals surface area contributed by atoms with E-state index in [0.29, 0.717) is 0 Å². The van der Waals surface area contributed by atoms with Crippen LogP contribution in [-0.2, 0) is 5.41 Å². The third-order valence-electron chi connectivity index (χ3n) is 12.7. The maximum Gasteiger partial charge on any atom is 0.0713 e. The zero-order valence-corrected chi connectivity index (χ0v) is 43.9. The molecule has 0 saturated heterocycles. The Morgan fingerprint density at radius 2 is 1.01 bits per heavy atom. The van der Waals surface area contributed by atoms with Gasteiger partial charge in [-0.1, -0.05) is 276 Å². The normalized spacial score (nSPS) is 12.9. The molecule has 0 atom stereocenters. The number of allylic oxidation sites excluding steroid dienone is 8. The standard InChI is InChI=1S/C25H18.C19H14S.C13H14.C8H14.2C2H6/c1-3-11-19(12-4-1)25(20-13-5-2-6-14-20)23-17-9-7-15-21(23)22-16-8-10-18-24(22)25;1-13-5-4-6-14(11-13)15-9-10-17-16-7-2-3-8-18(16)20-19(17)12-15;1-11-7-9-13(10-8-11)12-5-3-2-4-6-12;1-4-6-7-8(3)5-2;2*1-2/h1-18H;2-12H,1H3;2-7,9H,8,10H2,1H3;5-7H,4H2,1-3H3;2*1-2H3/b;;;7-6-,8-5-;;. The number of hydrogen-bond acceptors (Lipinski definition) is 1. The average molecular weight is 933 g/mol. The first-order chi connectivity index (χ1) is 34.4. The van der Waals surface area contributed by atoms with Crippen LogP contribution >= 0.6 is 11.3 Å². The van der Waals surface area contributed by atoms with Gasteiger partial charge in [0.1, 0.15) is 0 Å². The molecule has 0 nitrogen and oxygen atoms in total. The molecule has 1 aromatic heterocycles. The Bertz CT molecular complexity index is 3050. The second-order valence-electron chi connectivity index (χ2n) is 17.2. The van der Waals surface area contributed by atoms with Crippen molar-refractivity contribution in [2.24, 2.45) is 0 Å². The van der Waals surface area contributed by atoms with Crippen molar-refractivity contribution in [1.82, 2.24) is 0 Å². The lowest BCUT2D eigenvalue weighted by Gasteiger charge is -2.33. The highest BCUT2D eigenvalue weighted by atomic mass is 32.1. The van der Waals surface area contributed by atoms with Crippen LogP contribution in [-0.4, -0.2) is 0 Å². The van der Waals surface area contributed by atoms with Crippen molar-refractivity contribution in [2.75, 3.05) is 0 Å². The first-order valence-corrected chi connectivity index (χ1v) is 26.2. The minimum atomic E-state index is -0.254. The SMILES string of the molecule is C/C=C(C)\C=C/CC.CC.CC.CC1=CC=C(c2ccccc2)CC1.Cc1cccc(-c2ccc3c(c2)sc2ccccc23)c1.c1ccc(C2(c3ccccc3)c3ccccc3-c3ccccc32)cc1. The number of aryl methyl sites for hydroxylation is 1. The zero-order valence-electron chi connectivity index (χ0n) is 43.0. The number of benzene rings is 8. The molecule has 0 spiro atoms. The largest absolute Gasteiger partial charge is 0.135 e. The van der Waals surface area contributed by atoms with Crippen LogP contribution in [0.3, 0.4) is 0 Å². The number of hydrogen-bond donors (Lipinski definition) is 0. The molecule has 1 heterocycles. The van der Waals surface area contributed by atoms with Crippen molar-refractivity contribution in [1.29, 1.82) is 0 Å². The quantitative estimate of drug-likeness (QED) is 0.146. The Morgan fingerprint density at radius 3 is 1.57 bits per heavy atom. The fraction of sp³-hybridized carbons (Fsp3) is 0.188. The summed E-state index contributed by atoms with van der Waals surface area (Å²) in [5, 5.41) is 2.73. The topological polar surface area (TPSA) is 0 Å². The molecule has 0 fully saturated rings. The minimum Gasteiger partial charge on any atom is -0.135 e. The molecule has 2 aliphatic carbocycles. The Labute approximate surface area is 425 Å². The summed E-state index contributed by atoms with van der Waals surface area (Å²) in [6.45, 7) is 18.6. The van der Waals surface area contributed by atoms with Crippen molar-refractivity contribution in [3.63, 3.8) is 0 Å². The van der Waals surface area contributed by atoms with Gasteiger partial charge in [-0.25, -0.2) is 0 Å². The number of thiophene rings is 1. The van der Waals surface area contributed by atoms with Crippen LogP contribution in [0.1, 0.15) is 108 Å². The van der Waals surface area contributed by atoms with Crippen molar-refractivity contribution < 1.29 is 0 Å². The summed E-state index contributed by atoms with van der Waals surface area (Å²) >= 11 is 1.87. The molecule has 354 valence electrons. The van der Waals surface area contributed by atoms with E-state index in [9.17, 15) is 0 Å². The van der Waals surface area contributed by atoms with Gasteiger partial charge in [-0.3, -0.25) is 0 Å². The molecule has 11 rings (SSSR count). The Morgan fingerprint density at radius 1 is 0.500 bits per heavy atom. The van der Waals surface area contributed by atoms with Gasteiger partial charge in [-0.05, 0) is 115 Å². The van der Waals surface area contributed by atoms with E-state index in [1.165, 1.54) is 105 Å². The summed E-state index contributed by atoms with van der Waals surface area (Å²) in [6.07, 6.45) is 14.4. The highest BCUT2D eigenvalue weighted by molar-refractivity contribution is 7.25. The van der Waals surface area contributed by atoms with E-state index in [1.807, 2.05) is 39.0 Å². The predicted octanol–water partition coefficient (Wildman–Crippen LogP) is 20.9. The van der Waals surface area contributed by atoms with E-state index in [1.54, 1.807) is 0 Å². The Kier molecular flexibility index (Phi) is 19.9. The highest BCUT2D eigenvalue weighted by Gasteiger charge is 2.45. The van der Waals surface area contributed by atoms with Gasteiger partial charge < -0.3 is 0 Å². The highest BCUT2D eigenvalue weighted by Crippen LogP contribution is 2.55. The van der Waals surface area contributed by atoms with Crippen molar-refractivity contribution in [3.8, 4) is 22.3 Å². The maximum atomic E-state index is 2.31. The minimum absolute atomic E-state index is 0.254. The van der Waals surface area contributed by atoms with Gasteiger partial charge in [-0.2, -0.15) is 0 Å². The molecular weight excluding hydrogens is 861 g/mol. The van der Waals surface area contributed by atoms with Gasteiger partial charge in [-0.15, -0.1) is 11.3 Å². The average Bonchev–Trinajstić information content (AvgIpc) is 3.96. The van der Waals surface area contributed by atoms with Gasteiger partial charge >= 0.3 is 0 Å². The molecule has 0 aliphatic heterocycles. The van der Waals surface area contributed by atoms with Crippen molar-refractivity contribution in [3.05, 3.63) is 281 Å². The third kappa shape index (κ3) is 12.4. The van der Waals surface area contributed by atoms with Gasteiger partial charge in [0, 0.05) is 20.2 Å². The van der Waals surface area contributed by atoms with Crippen LogP contribution in [0.5, 0.6) is 0 Å². The predicted molar refractivity (Wildman–Crippen MR) is 312 cm³/mol. The van der Waals surface area contributed by atoms with Crippen LogP contribution in [0.15, 0.2) is 248 Å². The summed E-state index contributed by atoms with van der Waals surface area (Å²) in [4.78, 5) is 0. The van der Waals surface area contributed by atoms with E-state index in [2.05, 4.69) is 271 Å². The van der Waals surface area contributed by atoms with Crippen LogP contribution < -0.4 is 0 Å². The van der Waals surface area contributed by atoms with E-state index >= 15 is 0 Å². The molecule has 0 saturated carbocycles. The van der Waals surface area contributed by atoms with Crippen LogP contribution in [0.25, 0.3) is 48.0 Å². The first kappa shape index (κ1) is 52.3. The molecule has 70 heavy (non-hydrogen) atoms. The van der Waals surface area contributed by atoms with E-state index in [-0.39, 0.29) is 5.41 Å². The van der Waals surface area contributed by atoms with Crippen LogP contribution in [0, 0.1) is 6.92 Å². The molecule has 2 aliphatic rings. The monoisotopic (exact) mass is 933 g/mol. The lowest BCUT2D eigenvalue weighted by atomic mass is 9.68. The summed E-state index contributed by atoms with van der Waals surface area (Å²) in [6, 6.07) is 74.2. The number of rotatable bonds is 6. The third-order valence-corrected chi connectivity index (χ3v) is 13.8. The zero-order chi connectivity index (χ0) is 49.7. The van der Waals surface area contributed by atoms with E-state index in [4.69, 9.17) is 0 Å². The first-order valence-electron chi connectivity index (χ1n) is 25.4.